The lowest BCUT2D eigenvalue weighted by Gasteiger charge is -2.36. The van der Waals surface area contributed by atoms with Gasteiger partial charge in [-0.05, 0) is 25.1 Å². The lowest BCUT2D eigenvalue weighted by molar-refractivity contribution is -0.144. The summed E-state index contributed by atoms with van der Waals surface area (Å²) in [6.07, 6.45) is -4.67. The molecule has 0 fully saturated rings. The Kier molecular flexibility index (Phi) is 5.18. The second-order valence-corrected chi connectivity index (χ2v) is 7.31. The molecule has 0 aliphatic carbocycles. The number of fused-ring (bicyclic) bond motifs is 1. The van der Waals surface area contributed by atoms with E-state index in [4.69, 9.17) is 23.2 Å². The standard InChI is InChI=1S/C17H13Cl2F4N7/c1-7(12-8(18)2-3-9(20)13(12)19)30-5-4-24-15-11(30)6-10(26-28-15)14-25-16(29-27-14)17(21,22)23/h2-3,6-7H,4-5H2,1H3,(H,24,28)(H,25,27,29)/t7-/m1/s1. The second-order valence-electron chi connectivity index (χ2n) is 6.52. The van der Waals surface area contributed by atoms with Crippen molar-refractivity contribution in [2.45, 2.75) is 19.1 Å². The Hall–Kier alpha value is -2.66. The molecule has 0 radical (unpaired) electrons. The number of aromatic amines is 1. The maximum absolute atomic E-state index is 14.0. The van der Waals surface area contributed by atoms with Gasteiger partial charge in [-0.1, -0.05) is 23.2 Å². The first-order valence-electron chi connectivity index (χ1n) is 8.68. The minimum absolute atomic E-state index is 0.0397. The number of H-pyrrole nitrogens is 1. The smallest absolute Gasteiger partial charge is 0.365 e. The molecule has 1 aliphatic rings. The first-order chi connectivity index (χ1) is 14.2. The van der Waals surface area contributed by atoms with Crippen molar-refractivity contribution in [3.8, 4) is 11.5 Å². The van der Waals surface area contributed by atoms with Crippen LogP contribution in [0.15, 0.2) is 18.2 Å². The normalized spacial score (nSPS) is 15.0. The van der Waals surface area contributed by atoms with Gasteiger partial charge in [0, 0.05) is 23.7 Å². The zero-order valence-corrected chi connectivity index (χ0v) is 16.7. The predicted molar refractivity (Wildman–Crippen MR) is 103 cm³/mol. The van der Waals surface area contributed by atoms with E-state index >= 15 is 0 Å². The fourth-order valence-corrected chi connectivity index (χ4v) is 3.92. The van der Waals surface area contributed by atoms with Gasteiger partial charge in [0.05, 0.1) is 16.8 Å². The highest BCUT2D eigenvalue weighted by molar-refractivity contribution is 6.36. The maximum Gasteiger partial charge on any atom is 0.451 e. The fraction of sp³-hybridized carbons (Fsp3) is 0.294. The zero-order chi connectivity index (χ0) is 21.6. The van der Waals surface area contributed by atoms with Crippen LogP contribution in [0.25, 0.3) is 11.5 Å². The zero-order valence-electron chi connectivity index (χ0n) is 15.2. The number of halogens is 6. The number of benzene rings is 1. The topological polar surface area (TPSA) is 82.6 Å². The Bertz CT molecular complexity index is 1100. The van der Waals surface area contributed by atoms with Crippen molar-refractivity contribution in [2.75, 3.05) is 23.3 Å². The molecule has 3 aromatic rings. The molecular formula is C17H13Cl2F4N7. The molecule has 0 amide bonds. The molecule has 13 heteroatoms. The van der Waals surface area contributed by atoms with Crippen molar-refractivity contribution in [1.29, 1.82) is 0 Å². The largest absolute Gasteiger partial charge is 0.451 e. The molecule has 3 heterocycles. The van der Waals surface area contributed by atoms with E-state index in [9.17, 15) is 17.6 Å². The van der Waals surface area contributed by atoms with Crippen LogP contribution >= 0.6 is 23.2 Å². The van der Waals surface area contributed by atoms with Gasteiger partial charge in [0.1, 0.15) is 11.5 Å². The molecule has 30 heavy (non-hydrogen) atoms. The van der Waals surface area contributed by atoms with Gasteiger partial charge in [0.2, 0.25) is 11.6 Å². The molecule has 0 saturated heterocycles. The van der Waals surface area contributed by atoms with Crippen molar-refractivity contribution >= 4 is 34.7 Å². The Morgan fingerprint density at radius 3 is 2.67 bits per heavy atom. The number of alkyl halides is 3. The van der Waals surface area contributed by atoms with Crippen LogP contribution in [-0.4, -0.2) is 38.5 Å². The van der Waals surface area contributed by atoms with Crippen LogP contribution in [0, 0.1) is 5.82 Å². The minimum Gasteiger partial charge on any atom is -0.365 e. The van der Waals surface area contributed by atoms with E-state index in [0.29, 0.717) is 35.2 Å². The van der Waals surface area contributed by atoms with Gasteiger partial charge < -0.3 is 10.2 Å². The third kappa shape index (κ3) is 3.63. The molecular weight excluding hydrogens is 449 g/mol. The van der Waals surface area contributed by atoms with Crippen molar-refractivity contribution < 1.29 is 17.6 Å². The van der Waals surface area contributed by atoms with Crippen LogP contribution in [0.3, 0.4) is 0 Å². The molecule has 1 aromatic carbocycles. The summed E-state index contributed by atoms with van der Waals surface area (Å²) in [7, 11) is 0. The monoisotopic (exact) mass is 461 g/mol. The number of rotatable bonds is 3. The summed E-state index contributed by atoms with van der Waals surface area (Å²) in [5.41, 5.74) is 0.952. The van der Waals surface area contributed by atoms with Crippen LogP contribution in [0.5, 0.6) is 0 Å². The molecule has 0 bridgehead atoms. The van der Waals surface area contributed by atoms with Gasteiger partial charge in [-0.2, -0.15) is 18.3 Å². The number of hydrogen-bond acceptors (Lipinski definition) is 6. The molecule has 2 aromatic heterocycles. The molecule has 1 atom stereocenters. The summed E-state index contributed by atoms with van der Waals surface area (Å²) < 4.78 is 52.4. The highest BCUT2D eigenvalue weighted by atomic mass is 35.5. The van der Waals surface area contributed by atoms with Crippen LogP contribution < -0.4 is 10.2 Å². The van der Waals surface area contributed by atoms with E-state index in [1.165, 1.54) is 18.2 Å². The molecule has 1 aliphatic heterocycles. The lowest BCUT2D eigenvalue weighted by atomic mass is 10.0. The average molecular weight is 462 g/mol. The van der Waals surface area contributed by atoms with Crippen molar-refractivity contribution in [1.82, 2.24) is 25.4 Å². The Balaban J connectivity index is 1.75. The first-order valence-corrected chi connectivity index (χ1v) is 9.44. The molecule has 158 valence electrons. The Morgan fingerprint density at radius 2 is 1.97 bits per heavy atom. The Morgan fingerprint density at radius 1 is 1.20 bits per heavy atom. The summed E-state index contributed by atoms with van der Waals surface area (Å²) in [6.45, 7) is 2.77. The quantitative estimate of drug-likeness (QED) is 0.433. The average Bonchev–Trinajstić information content (AvgIpc) is 3.21. The highest BCUT2D eigenvalue weighted by Crippen LogP contribution is 2.40. The van der Waals surface area contributed by atoms with Gasteiger partial charge in [-0.25, -0.2) is 9.37 Å². The summed E-state index contributed by atoms with van der Waals surface area (Å²) in [5.74, 6) is -1.68. The predicted octanol–water partition coefficient (Wildman–Crippen LogP) is 4.72. The second kappa shape index (κ2) is 7.55. The van der Waals surface area contributed by atoms with Gasteiger partial charge in [-0.15, -0.1) is 10.2 Å². The van der Waals surface area contributed by atoms with Crippen molar-refractivity contribution in [3.63, 3.8) is 0 Å². The van der Waals surface area contributed by atoms with Crippen LogP contribution in [0.4, 0.5) is 29.1 Å². The third-order valence-corrected chi connectivity index (χ3v) is 5.39. The van der Waals surface area contributed by atoms with Gasteiger partial charge >= 0.3 is 6.18 Å². The van der Waals surface area contributed by atoms with Gasteiger partial charge in [0.25, 0.3) is 0 Å². The molecule has 7 nitrogen and oxygen atoms in total. The van der Waals surface area contributed by atoms with E-state index in [0.717, 1.165) is 0 Å². The van der Waals surface area contributed by atoms with E-state index < -0.39 is 23.9 Å². The minimum atomic E-state index is -4.67. The number of nitrogens with zero attached hydrogens (tertiary/aromatic N) is 5. The van der Waals surface area contributed by atoms with Crippen LogP contribution in [-0.2, 0) is 6.18 Å². The summed E-state index contributed by atoms with van der Waals surface area (Å²) in [5, 5.41) is 16.6. The van der Waals surface area contributed by atoms with Crippen LogP contribution in [0.2, 0.25) is 10.0 Å². The molecule has 0 saturated carbocycles. The molecule has 0 unspecified atom stereocenters. The highest BCUT2D eigenvalue weighted by Gasteiger charge is 2.36. The van der Waals surface area contributed by atoms with E-state index in [1.54, 1.807) is 6.92 Å². The fourth-order valence-electron chi connectivity index (χ4n) is 3.24. The van der Waals surface area contributed by atoms with E-state index in [2.05, 4.69) is 25.6 Å². The van der Waals surface area contributed by atoms with E-state index in [-0.39, 0.29) is 16.5 Å². The van der Waals surface area contributed by atoms with E-state index in [1.807, 2.05) is 10.00 Å². The third-order valence-electron chi connectivity index (χ3n) is 4.68. The first kappa shape index (κ1) is 20.6. The molecule has 0 spiro atoms. The lowest BCUT2D eigenvalue weighted by Crippen LogP contribution is -2.37. The summed E-state index contributed by atoms with van der Waals surface area (Å²) >= 11 is 12.4. The van der Waals surface area contributed by atoms with Gasteiger partial charge in [0.15, 0.2) is 5.82 Å². The summed E-state index contributed by atoms with van der Waals surface area (Å²) in [4.78, 5) is 5.30. The Labute approximate surface area is 177 Å². The van der Waals surface area contributed by atoms with Crippen molar-refractivity contribution in [3.05, 3.63) is 45.4 Å². The van der Waals surface area contributed by atoms with Crippen LogP contribution in [0.1, 0.15) is 24.4 Å². The number of nitrogens with one attached hydrogen (secondary N) is 2. The maximum atomic E-state index is 14.0. The SMILES string of the molecule is C[C@H](c1c(Cl)ccc(F)c1Cl)N1CCNc2nnc(-c3n[nH]c(C(F)(F)F)n3)cc21. The number of hydrogen-bond donors (Lipinski definition) is 2. The van der Waals surface area contributed by atoms with Gasteiger partial charge in [-0.3, -0.25) is 5.10 Å². The number of anilines is 2. The molecule has 4 rings (SSSR count). The number of aromatic nitrogens is 5. The summed E-state index contributed by atoms with van der Waals surface area (Å²) in [6, 6.07) is 3.64. The molecule has 2 N–H and O–H groups in total. The van der Waals surface area contributed by atoms with Crippen molar-refractivity contribution in [2.24, 2.45) is 0 Å².